The van der Waals surface area contributed by atoms with Gasteiger partial charge in [0.25, 0.3) is 0 Å². The van der Waals surface area contributed by atoms with E-state index in [1.165, 1.54) is 12.0 Å². The molecule has 0 unspecified atom stereocenters. The van der Waals surface area contributed by atoms with Crippen LogP contribution in [0.25, 0.3) is 0 Å². The molecule has 21 heavy (non-hydrogen) atoms. The summed E-state index contributed by atoms with van der Waals surface area (Å²) in [6.45, 7) is 1.61. The molecule has 0 aliphatic carbocycles. The summed E-state index contributed by atoms with van der Waals surface area (Å²) in [7, 11) is 8.16. The first-order chi connectivity index (χ1) is 9.81. The summed E-state index contributed by atoms with van der Waals surface area (Å²) in [5.41, 5.74) is 0. The number of hydrogen-bond donors (Lipinski definition) is 0. The maximum atomic E-state index is 12.0. The van der Waals surface area contributed by atoms with Gasteiger partial charge in [-0.3, -0.25) is 4.79 Å². The Balaban J connectivity index is 3.25. The summed E-state index contributed by atoms with van der Waals surface area (Å²) in [6, 6.07) is -0.652. The molecule has 0 saturated heterocycles. The number of ether oxygens (including phenoxy) is 1. The Morgan fingerprint density at radius 3 is 2.19 bits per heavy atom. The molecule has 0 aromatic carbocycles. The molecule has 0 fully saturated rings. The fourth-order valence-corrected chi connectivity index (χ4v) is 1.52. The second-order valence-electron chi connectivity index (χ2n) is 4.70. The molecule has 9 nitrogen and oxygen atoms in total. The predicted octanol–water partition coefficient (Wildman–Crippen LogP) is -0.290. The van der Waals surface area contributed by atoms with E-state index in [-0.39, 0.29) is 17.9 Å². The molecular weight excluding hydrogens is 274 g/mol. The van der Waals surface area contributed by atoms with Crippen molar-refractivity contribution in [1.82, 2.24) is 19.9 Å². The van der Waals surface area contributed by atoms with Crippen molar-refractivity contribution >= 4 is 17.8 Å². The van der Waals surface area contributed by atoms with Crippen molar-refractivity contribution in [2.75, 3.05) is 45.1 Å². The average Bonchev–Trinajstić information content (AvgIpc) is 2.46. The van der Waals surface area contributed by atoms with Crippen LogP contribution in [0.3, 0.4) is 0 Å². The number of amides is 1. The third kappa shape index (κ3) is 3.68. The highest BCUT2D eigenvalue weighted by Crippen LogP contribution is 2.18. The number of aromatic nitrogens is 3. The van der Waals surface area contributed by atoms with Crippen LogP contribution in [-0.4, -0.2) is 67.1 Å². The minimum atomic E-state index is -0.730. The second kappa shape index (κ2) is 6.69. The van der Waals surface area contributed by atoms with Crippen molar-refractivity contribution in [3.8, 4) is 12.2 Å². The van der Waals surface area contributed by atoms with E-state index in [9.17, 15) is 10.1 Å². The first kappa shape index (κ1) is 16.4. The maximum Gasteiger partial charge on any atom is 0.322 e. The van der Waals surface area contributed by atoms with Gasteiger partial charge in [-0.1, -0.05) is 0 Å². The highest BCUT2D eigenvalue weighted by atomic mass is 16.5. The zero-order valence-corrected chi connectivity index (χ0v) is 13.0. The van der Waals surface area contributed by atoms with Crippen molar-refractivity contribution < 1.29 is 9.53 Å². The van der Waals surface area contributed by atoms with Crippen molar-refractivity contribution in [2.45, 2.75) is 13.0 Å². The Morgan fingerprint density at radius 2 is 1.76 bits per heavy atom. The summed E-state index contributed by atoms with van der Waals surface area (Å²) in [6.07, 6.45) is 1.93. The van der Waals surface area contributed by atoms with Crippen LogP contribution in [0.5, 0.6) is 6.01 Å². The zero-order valence-electron chi connectivity index (χ0n) is 13.0. The largest absolute Gasteiger partial charge is 0.467 e. The number of anilines is 2. The second-order valence-corrected chi connectivity index (χ2v) is 4.70. The first-order valence-electron chi connectivity index (χ1n) is 6.19. The number of methoxy groups -OCH3 is 1. The Bertz CT molecular complexity index is 553. The molecule has 1 amide bonds. The molecule has 0 radical (unpaired) electrons. The van der Waals surface area contributed by atoms with Crippen LogP contribution in [0.1, 0.15) is 6.92 Å². The highest BCUT2D eigenvalue weighted by molar-refractivity contribution is 5.84. The van der Waals surface area contributed by atoms with Crippen molar-refractivity contribution in [3.63, 3.8) is 0 Å². The molecule has 1 aromatic heterocycles. The smallest absolute Gasteiger partial charge is 0.322 e. The topological polar surface area (TPSA) is 98.5 Å². The van der Waals surface area contributed by atoms with Crippen LogP contribution in [0.4, 0.5) is 11.9 Å². The van der Waals surface area contributed by atoms with E-state index in [2.05, 4.69) is 15.0 Å². The van der Waals surface area contributed by atoms with E-state index in [0.717, 1.165) is 4.90 Å². The van der Waals surface area contributed by atoms with Gasteiger partial charge in [0, 0.05) is 28.2 Å². The SMILES string of the molecule is COc1nc(N(C)C)nc(N(C#N)[C@@H](C)C(=O)N(C)C)n1. The molecule has 0 saturated carbocycles. The van der Waals surface area contributed by atoms with E-state index >= 15 is 0 Å². The van der Waals surface area contributed by atoms with E-state index < -0.39 is 6.04 Å². The molecule has 0 aliphatic heterocycles. The van der Waals surface area contributed by atoms with Gasteiger partial charge in [0.15, 0.2) is 6.19 Å². The van der Waals surface area contributed by atoms with Gasteiger partial charge >= 0.3 is 6.01 Å². The number of rotatable bonds is 5. The van der Waals surface area contributed by atoms with Gasteiger partial charge in [-0.2, -0.15) is 20.2 Å². The predicted molar refractivity (Wildman–Crippen MR) is 77.0 cm³/mol. The lowest BCUT2D eigenvalue weighted by Gasteiger charge is -2.24. The molecule has 9 heteroatoms. The van der Waals surface area contributed by atoms with Crippen LogP contribution in [0.2, 0.25) is 0 Å². The summed E-state index contributed by atoms with van der Waals surface area (Å²) in [5.74, 6) is 0.166. The minimum absolute atomic E-state index is 0.0655. The Labute approximate surface area is 123 Å². The minimum Gasteiger partial charge on any atom is -0.467 e. The fraction of sp³-hybridized carbons (Fsp3) is 0.583. The zero-order chi connectivity index (χ0) is 16.2. The standard InChI is InChI=1S/C12H19N7O2/c1-8(9(20)17(2)3)19(7-13)11-14-10(18(4)5)15-12(16-11)21-6/h8H,1-6H3/t8-/m0/s1. The Morgan fingerprint density at radius 1 is 1.19 bits per heavy atom. The van der Waals surface area contributed by atoms with E-state index in [1.807, 2.05) is 6.19 Å². The van der Waals surface area contributed by atoms with Gasteiger partial charge < -0.3 is 14.5 Å². The van der Waals surface area contributed by atoms with E-state index in [1.54, 1.807) is 40.0 Å². The fourth-order valence-electron chi connectivity index (χ4n) is 1.52. The highest BCUT2D eigenvalue weighted by Gasteiger charge is 2.26. The third-order valence-corrected chi connectivity index (χ3v) is 2.68. The molecule has 0 bridgehead atoms. The van der Waals surface area contributed by atoms with E-state index in [0.29, 0.717) is 5.95 Å². The normalized spacial score (nSPS) is 11.3. The van der Waals surface area contributed by atoms with Crippen LogP contribution in [0, 0.1) is 11.5 Å². The van der Waals surface area contributed by atoms with Crippen LogP contribution < -0.4 is 14.5 Å². The van der Waals surface area contributed by atoms with Crippen LogP contribution in [-0.2, 0) is 4.79 Å². The number of likely N-dealkylation sites (N-methyl/N-ethyl adjacent to an activating group) is 1. The van der Waals surface area contributed by atoms with Crippen molar-refractivity contribution in [3.05, 3.63) is 0 Å². The molecule has 0 spiro atoms. The van der Waals surface area contributed by atoms with Crippen LogP contribution >= 0.6 is 0 Å². The lowest BCUT2D eigenvalue weighted by molar-refractivity contribution is -0.129. The van der Waals surface area contributed by atoms with E-state index in [4.69, 9.17) is 4.74 Å². The van der Waals surface area contributed by atoms with Crippen molar-refractivity contribution in [2.24, 2.45) is 0 Å². The number of carbonyl (C=O) groups is 1. The number of nitrogens with zero attached hydrogens (tertiary/aromatic N) is 7. The molecule has 0 aliphatic rings. The summed E-state index contributed by atoms with van der Waals surface area (Å²) in [4.78, 5) is 28.5. The van der Waals surface area contributed by atoms with Gasteiger partial charge in [-0.25, -0.2) is 4.90 Å². The molecule has 1 atom stereocenters. The molecule has 0 N–H and O–H groups in total. The lowest BCUT2D eigenvalue weighted by atomic mass is 10.3. The maximum absolute atomic E-state index is 12.0. The number of carbonyl (C=O) groups excluding carboxylic acids is 1. The van der Waals surface area contributed by atoms with Crippen molar-refractivity contribution in [1.29, 1.82) is 5.26 Å². The molecular formula is C12H19N7O2. The summed E-state index contributed by atoms with van der Waals surface area (Å²) >= 11 is 0. The molecule has 1 heterocycles. The monoisotopic (exact) mass is 293 g/mol. The van der Waals surface area contributed by atoms with Gasteiger partial charge in [-0.05, 0) is 6.92 Å². The van der Waals surface area contributed by atoms with Gasteiger partial charge in [-0.15, -0.1) is 0 Å². The summed E-state index contributed by atoms with van der Waals surface area (Å²) in [5, 5.41) is 9.32. The van der Waals surface area contributed by atoms with Crippen LogP contribution in [0.15, 0.2) is 0 Å². The van der Waals surface area contributed by atoms with Gasteiger partial charge in [0.2, 0.25) is 17.8 Å². The average molecular weight is 293 g/mol. The molecule has 1 aromatic rings. The molecule has 114 valence electrons. The third-order valence-electron chi connectivity index (χ3n) is 2.68. The Kier molecular flexibility index (Phi) is 5.24. The lowest BCUT2D eigenvalue weighted by Crippen LogP contribution is -2.43. The van der Waals surface area contributed by atoms with Gasteiger partial charge in [0.1, 0.15) is 6.04 Å². The summed E-state index contributed by atoms with van der Waals surface area (Å²) < 4.78 is 5.01. The first-order valence-corrected chi connectivity index (χ1v) is 6.19. The molecule has 1 rings (SSSR count). The Hall–Kier alpha value is -2.63. The number of nitriles is 1. The number of hydrogen-bond acceptors (Lipinski definition) is 8. The quantitative estimate of drug-likeness (QED) is 0.539. The van der Waals surface area contributed by atoms with Gasteiger partial charge in [0.05, 0.1) is 7.11 Å².